The Morgan fingerprint density at radius 2 is 1.68 bits per heavy atom. The number of nitrogens with one attached hydrogen (secondary N) is 1. The van der Waals surface area contributed by atoms with Crippen LogP contribution in [0.3, 0.4) is 0 Å². The monoisotopic (exact) mass is 261 g/mol. The van der Waals surface area contributed by atoms with Crippen LogP contribution in [0.15, 0.2) is 18.2 Å². The van der Waals surface area contributed by atoms with Crippen LogP contribution in [0.2, 0.25) is 0 Å². The number of aryl methyl sites for hydroxylation is 3. The molecule has 0 aliphatic carbocycles. The molecule has 1 heteroatoms. The van der Waals surface area contributed by atoms with Crippen LogP contribution in [0.4, 0.5) is 0 Å². The van der Waals surface area contributed by atoms with E-state index in [1.165, 1.54) is 50.8 Å². The number of benzene rings is 1. The Labute approximate surface area is 119 Å². The zero-order chi connectivity index (χ0) is 13.9. The molecule has 108 valence electrons. The first-order valence-corrected chi connectivity index (χ1v) is 8.13. The second kappa shape index (κ2) is 10.0. The molecule has 0 saturated carbocycles. The molecule has 0 atom stereocenters. The summed E-state index contributed by atoms with van der Waals surface area (Å²) in [6, 6.07) is 7.04. The summed E-state index contributed by atoms with van der Waals surface area (Å²) < 4.78 is 0. The van der Waals surface area contributed by atoms with Gasteiger partial charge in [-0.05, 0) is 68.3 Å². The number of hydrogen-bond acceptors (Lipinski definition) is 1. The summed E-state index contributed by atoms with van der Waals surface area (Å²) >= 11 is 0. The summed E-state index contributed by atoms with van der Waals surface area (Å²) in [6.07, 6.45) is 8.79. The molecule has 0 saturated heterocycles. The lowest BCUT2D eigenvalue weighted by Gasteiger charge is -2.10. The molecule has 0 aromatic heterocycles. The molecule has 0 aliphatic heterocycles. The topological polar surface area (TPSA) is 12.0 Å². The van der Waals surface area contributed by atoms with Crippen LogP contribution in [-0.4, -0.2) is 13.1 Å². The van der Waals surface area contributed by atoms with Gasteiger partial charge in [-0.1, -0.05) is 45.4 Å². The third-order valence-corrected chi connectivity index (χ3v) is 3.79. The van der Waals surface area contributed by atoms with E-state index in [1.807, 2.05) is 0 Å². The van der Waals surface area contributed by atoms with Gasteiger partial charge in [-0.3, -0.25) is 0 Å². The molecule has 1 nitrogen and oxygen atoms in total. The van der Waals surface area contributed by atoms with E-state index in [4.69, 9.17) is 0 Å². The van der Waals surface area contributed by atoms with Crippen LogP contribution in [-0.2, 0) is 19.3 Å². The molecule has 1 aromatic carbocycles. The molecule has 0 amide bonds. The van der Waals surface area contributed by atoms with Crippen LogP contribution in [0.25, 0.3) is 0 Å². The number of rotatable bonds is 10. The summed E-state index contributed by atoms with van der Waals surface area (Å²) in [5, 5.41) is 3.47. The van der Waals surface area contributed by atoms with E-state index < -0.39 is 0 Å². The van der Waals surface area contributed by atoms with Gasteiger partial charge in [0.15, 0.2) is 0 Å². The van der Waals surface area contributed by atoms with Crippen molar-refractivity contribution in [3.63, 3.8) is 0 Å². The summed E-state index contributed by atoms with van der Waals surface area (Å²) in [7, 11) is 0. The predicted octanol–water partition coefficient (Wildman–Crippen LogP) is 4.52. The minimum atomic E-state index is 1.15. The normalized spacial score (nSPS) is 10.9. The molecular weight excluding hydrogens is 230 g/mol. The smallest absolute Gasteiger partial charge is 0.00489 e. The minimum Gasteiger partial charge on any atom is -0.317 e. The number of unbranched alkanes of at least 4 members (excludes halogenated alkanes) is 2. The second-order valence-corrected chi connectivity index (χ2v) is 5.37. The zero-order valence-electron chi connectivity index (χ0n) is 13.1. The molecule has 1 rings (SSSR count). The van der Waals surface area contributed by atoms with Gasteiger partial charge < -0.3 is 5.32 Å². The maximum Gasteiger partial charge on any atom is -0.00489 e. The van der Waals surface area contributed by atoms with Crippen LogP contribution in [0.5, 0.6) is 0 Å². The van der Waals surface area contributed by atoms with Gasteiger partial charge in [0.2, 0.25) is 0 Å². The van der Waals surface area contributed by atoms with Gasteiger partial charge in [0.25, 0.3) is 0 Å². The molecule has 0 unspecified atom stereocenters. The Hall–Kier alpha value is -0.820. The highest BCUT2D eigenvalue weighted by Crippen LogP contribution is 2.16. The van der Waals surface area contributed by atoms with Crippen molar-refractivity contribution in [1.82, 2.24) is 5.32 Å². The number of hydrogen-bond donors (Lipinski definition) is 1. The summed E-state index contributed by atoms with van der Waals surface area (Å²) in [5.41, 5.74) is 4.61. The summed E-state index contributed by atoms with van der Waals surface area (Å²) in [6.45, 7) is 9.07. The summed E-state index contributed by atoms with van der Waals surface area (Å²) in [4.78, 5) is 0. The highest BCUT2D eigenvalue weighted by Gasteiger charge is 2.02. The van der Waals surface area contributed by atoms with Crippen LogP contribution in [0, 0.1) is 0 Å². The first-order chi connectivity index (χ1) is 9.31. The minimum absolute atomic E-state index is 1.15. The lowest BCUT2D eigenvalue weighted by atomic mass is 9.96. The van der Waals surface area contributed by atoms with E-state index in [9.17, 15) is 0 Å². The quantitative estimate of drug-likeness (QED) is 0.610. The maximum atomic E-state index is 3.47. The molecule has 19 heavy (non-hydrogen) atoms. The van der Waals surface area contributed by atoms with E-state index in [1.54, 1.807) is 11.1 Å². The fourth-order valence-electron chi connectivity index (χ4n) is 2.52. The molecule has 0 radical (unpaired) electrons. The fraction of sp³-hybridized carbons (Fsp3) is 0.667. The van der Waals surface area contributed by atoms with Crippen molar-refractivity contribution in [3.05, 3.63) is 34.9 Å². The van der Waals surface area contributed by atoms with Crippen molar-refractivity contribution in [2.75, 3.05) is 13.1 Å². The zero-order valence-corrected chi connectivity index (χ0v) is 13.1. The van der Waals surface area contributed by atoms with Crippen LogP contribution < -0.4 is 5.32 Å². The average Bonchev–Trinajstić information content (AvgIpc) is 2.46. The van der Waals surface area contributed by atoms with Crippen LogP contribution >= 0.6 is 0 Å². The Bertz CT molecular complexity index is 344. The van der Waals surface area contributed by atoms with Gasteiger partial charge in [0.05, 0.1) is 0 Å². The van der Waals surface area contributed by atoms with Crippen molar-refractivity contribution < 1.29 is 0 Å². The standard InChI is InChI=1S/C18H31N/c1-4-13-19-14-9-7-8-10-18-15-16(5-2)11-12-17(18)6-3/h11-12,15,19H,4-10,13-14H2,1-3H3. The third kappa shape index (κ3) is 6.24. The SMILES string of the molecule is CCCNCCCCCc1cc(CC)ccc1CC. The highest BCUT2D eigenvalue weighted by atomic mass is 14.8. The Kier molecular flexibility index (Phi) is 8.57. The van der Waals surface area contributed by atoms with Gasteiger partial charge in [-0.2, -0.15) is 0 Å². The lowest BCUT2D eigenvalue weighted by Crippen LogP contribution is -2.15. The Balaban J connectivity index is 2.31. The van der Waals surface area contributed by atoms with Crippen molar-refractivity contribution >= 4 is 0 Å². The van der Waals surface area contributed by atoms with Gasteiger partial charge in [-0.25, -0.2) is 0 Å². The largest absolute Gasteiger partial charge is 0.317 e. The molecule has 0 spiro atoms. The van der Waals surface area contributed by atoms with Gasteiger partial charge >= 0.3 is 0 Å². The van der Waals surface area contributed by atoms with Gasteiger partial charge in [0, 0.05) is 0 Å². The van der Waals surface area contributed by atoms with E-state index in [0.29, 0.717) is 0 Å². The molecule has 0 bridgehead atoms. The Morgan fingerprint density at radius 1 is 0.842 bits per heavy atom. The molecule has 0 fully saturated rings. The average molecular weight is 261 g/mol. The Morgan fingerprint density at radius 3 is 2.37 bits per heavy atom. The maximum absolute atomic E-state index is 3.47. The first kappa shape index (κ1) is 16.2. The first-order valence-electron chi connectivity index (χ1n) is 8.13. The van der Waals surface area contributed by atoms with E-state index in [-0.39, 0.29) is 0 Å². The molecule has 1 aromatic rings. The van der Waals surface area contributed by atoms with Crippen molar-refractivity contribution in [2.24, 2.45) is 0 Å². The molecule has 1 N–H and O–H groups in total. The third-order valence-electron chi connectivity index (χ3n) is 3.79. The fourth-order valence-corrected chi connectivity index (χ4v) is 2.52. The lowest BCUT2D eigenvalue weighted by molar-refractivity contribution is 0.598. The van der Waals surface area contributed by atoms with E-state index in [0.717, 1.165) is 12.8 Å². The van der Waals surface area contributed by atoms with E-state index in [2.05, 4.69) is 44.3 Å². The van der Waals surface area contributed by atoms with Crippen molar-refractivity contribution in [2.45, 2.75) is 65.7 Å². The van der Waals surface area contributed by atoms with Crippen LogP contribution in [0.1, 0.15) is 63.1 Å². The van der Waals surface area contributed by atoms with Gasteiger partial charge in [-0.15, -0.1) is 0 Å². The molecular formula is C18H31N. The predicted molar refractivity (Wildman–Crippen MR) is 85.9 cm³/mol. The van der Waals surface area contributed by atoms with Crippen molar-refractivity contribution in [3.8, 4) is 0 Å². The second-order valence-electron chi connectivity index (χ2n) is 5.37. The summed E-state index contributed by atoms with van der Waals surface area (Å²) in [5.74, 6) is 0. The molecule has 0 aliphatic rings. The van der Waals surface area contributed by atoms with Gasteiger partial charge in [0.1, 0.15) is 0 Å². The van der Waals surface area contributed by atoms with Crippen molar-refractivity contribution in [1.29, 1.82) is 0 Å². The molecule has 0 heterocycles. The highest BCUT2D eigenvalue weighted by molar-refractivity contribution is 5.32. The van der Waals surface area contributed by atoms with E-state index >= 15 is 0 Å².